The maximum atomic E-state index is 13.3. The number of hydrogen-bond acceptors (Lipinski definition) is 4. The Morgan fingerprint density at radius 1 is 1.42 bits per heavy atom. The predicted molar refractivity (Wildman–Crippen MR) is 103 cm³/mol. The van der Waals surface area contributed by atoms with Gasteiger partial charge in [0.25, 0.3) is 10.2 Å². The molecule has 0 aliphatic carbocycles. The lowest BCUT2D eigenvalue weighted by Gasteiger charge is -2.35. The van der Waals surface area contributed by atoms with Crippen molar-refractivity contribution in [3.63, 3.8) is 0 Å². The third-order valence-electron chi connectivity index (χ3n) is 4.00. The van der Waals surface area contributed by atoms with E-state index in [4.69, 9.17) is 11.6 Å². The number of nitrogens with zero attached hydrogens (tertiary/aromatic N) is 1. The fourth-order valence-corrected chi connectivity index (χ4v) is 5.62. The van der Waals surface area contributed by atoms with E-state index >= 15 is 0 Å². The summed E-state index contributed by atoms with van der Waals surface area (Å²) in [6.07, 6.45) is 0.253. The summed E-state index contributed by atoms with van der Waals surface area (Å²) in [7, 11) is -2.48. The molecule has 2 atom stereocenters. The lowest BCUT2D eigenvalue weighted by molar-refractivity contribution is -0.120. The van der Waals surface area contributed by atoms with Crippen LogP contribution in [-0.2, 0) is 15.0 Å². The zero-order valence-electron chi connectivity index (χ0n) is 13.4. The maximum Gasteiger partial charge on any atom is 0.280 e. The molecule has 2 aromatic rings. The van der Waals surface area contributed by atoms with Crippen molar-refractivity contribution in [3.05, 3.63) is 49.8 Å². The van der Waals surface area contributed by atoms with E-state index in [9.17, 15) is 17.6 Å². The molecule has 26 heavy (non-hydrogen) atoms. The van der Waals surface area contributed by atoms with Crippen LogP contribution in [0.2, 0.25) is 5.02 Å². The van der Waals surface area contributed by atoms with Crippen molar-refractivity contribution >= 4 is 60.7 Å². The Bertz CT molecular complexity index is 953. The van der Waals surface area contributed by atoms with Crippen LogP contribution in [0.15, 0.2) is 34.1 Å². The van der Waals surface area contributed by atoms with Gasteiger partial charge in [-0.15, -0.1) is 11.3 Å². The summed E-state index contributed by atoms with van der Waals surface area (Å²) in [5, 5.41) is 2.47. The van der Waals surface area contributed by atoms with Gasteiger partial charge in [0.1, 0.15) is 11.9 Å². The number of likely N-dealkylation sites (N-methyl/N-ethyl adjacent to an activating group) is 1. The molecule has 0 saturated carbocycles. The number of anilines is 1. The summed E-state index contributed by atoms with van der Waals surface area (Å²) in [6.45, 7) is 0. The number of amides is 1. The van der Waals surface area contributed by atoms with Gasteiger partial charge < -0.3 is 5.32 Å². The summed E-state index contributed by atoms with van der Waals surface area (Å²) in [6, 6.07) is 5.97. The van der Waals surface area contributed by atoms with Gasteiger partial charge in [-0.1, -0.05) is 11.6 Å². The molecule has 1 amide bonds. The smallest absolute Gasteiger partial charge is 0.280 e. The first-order chi connectivity index (χ1) is 12.2. The van der Waals surface area contributed by atoms with Gasteiger partial charge in [-0.2, -0.15) is 17.4 Å². The Labute approximate surface area is 167 Å². The van der Waals surface area contributed by atoms with Crippen LogP contribution in [0.4, 0.5) is 10.1 Å². The molecule has 6 nitrogen and oxygen atoms in total. The van der Waals surface area contributed by atoms with Crippen molar-refractivity contribution in [1.29, 1.82) is 0 Å². The normalized spacial score (nSPS) is 22.9. The van der Waals surface area contributed by atoms with E-state index in [0.717, 1.165) is 19.0 Å². The molecule has 1 aromatic carbocycles. The first-order valence-electron chi connectivity index (χ1n) is 7.44. The molecular weight excluding hydrogens is 469 g/mol. The van der Waals surface area contributed by atoms with Crippen LogP contribution in [0.3, 0.4) is 0 Å². The monoisotopic (exact) mass is 481 g/mol. The fraction of sp³-hybridized carbons (Fsp3) is 0.267. The SMILES string of the molecule is CN1[C@@H](C(=O)Nc2ccc(F)c(Cl)c2)C[C@@H](c2ccc(Br)s2)NS1(=O)=O. The topological polar surface area (TPSA) is 78.5 Å². The number of hydrogen-bond donors (Lipinski definition) is 2. The van der Waals surface area contributed by atoms with Gasteiger partial charge in [0.2, 0.25) is 5.91 Å². The van der Waals surface area contributed by atoms with E-state index in [1.165, 1.54) is 30.5 Å². The van der Waals surface area contributed by atoms with Gasteiger partial charge >= 0.3 is 0 Å². The Morgan fingerprint density at radius 3 is 2.77 bits per heavy atom. The van der Waals surface area contributed by atoms with Crippen LogP contribution >= 0.6 is 38.9 Å². The third-order valence-corrected chi connectivity index (χ3v) is 7.62. The third kappa shape index (κ3) is 4.10. The Morgan fingerprint density at radius 2 is 2.15 bits per heavy atom. The average molecular weight is 483 g/mol. The lowest BCUT2D eigenvalue weighted by atomic mass is 10.1. The summed E-state index contributed by atoms with van der Waals surface area (Å²) in [5.74, 6) is -1.12. The van der Waals surface area contributed by atoms with Crippen LogP contribution in [-0.4, -0.2) is 31.7 Å². The quantitative estimate of drug-likeness (QED) is 0.703. The molecule has 3 rings (SSSR count). The predicted octanol–water partition coefficient (Wildman–Crippen LogP) is 3.52. The van der Waals surface area contributed by atoms with Crippen LogP contribution < -0.4 is 10.0 Å². The molecule has 1 fully saturated rings. The summed E-state index contributed by atoms with van der Waals surface area (Å²) in [5.41, 5.74) is 0.293. The van der Waals surface area contributed by atoms with Gasteiger partial charge in [-0.05, 0) is 52.7 Å². The number of nitrogens with one attached hydrogen (secondary N) is 2. The lowest BCUT2D eigenvalue weighted by Crippen LogP contribution is -2.55. The van der Waals surface area contributed by atoms with Crippen LogP contribution in [0.1, 0.15) is 17.3 Å². The standard InChI is InChI=1S/C15H14BrClFN3O3S2/c1-21-12(15(22)19-8-2-3-10(18)9(17)6-8)7-11(20-26(21,23)24)13-4-5-14(16)25-13/h2-6,11-12,20H,7H2,1H3,(H,19,22)/t11-,12+/m0/s1. The Balaban J connectivity index is 1.83. The van der Waals surface area contributed by atoms with E-state index in [1.54, 1.807) is 0 Å². The second-order valence-electron chi connectivity index (χ2n) is 5.70. The Kier molecular flexibility index (Phi) is 5.71. The molecule has 1 aromatic heterocycles. The van der Waals surface area contributed by atoms with Crippen LogP contribution in [0.5, 0.6) is 0 Å². The molecule has 2 N–H and O–H groups in total. The molecule has 2 heterocycles. The number of thiophene rings is 1. The largest absolute Gasteiger partial charge is 0.325 e. The van der Waals surface area contributed by atoms with Crippen LogP contribution in [0.25, 0.3) is 0 Å². The first-order valence-corrected chi connectivity index (χ1v) is 10.9. The van der Waals surface area contributed by atoms with Crippen molar-refractivity contribution in [1.82, 2.24) is 9.03 Å². The molecule has 1 aliphatic heterocycles. The number of rotatable bonds is 3. The number of carbonyl (C=O) groups excluding carboxylic acids is 1. The molecular formula is C15H14BrClFN3O3S2. The average Bonchev–Trinajstić information content (AvgIpc) is 2.99. The zero-order valence-corrected chi connectivity index (χ0v) is 17.3. The van der Waals surface area contributed by atoms with Crippen LogP contribution in [0, 0.1) is 5.82 Å². The molecule has 140 valence electrons. The van der Waals surface area contributed by atoms with Crippen molar-refractivity contribution < 1.29 is 17.6 Å². The zero-order chi connectivity index (χ0) is 19.1. The van der Waals surface area contributed by atoms with Gasteiger partial charge in [-0.25, -0.2) is 4.39 Å². The summed E-state index contributed by atoms with van der Waals surface area (Å²) in [4.78, 5) is 13.5. The minimum atomic E-state index is -3.82. The highest BCUT2D eigenvalue weighted by atomic mass is 79.9. The molecule has 0 radical (unpaired) electrons. The second kappa shape index (κ2) is 7.53. The van der Waals surface area contributed by atoms with Crippen molar-refractivity contribution in [2.24, 2.45) is 0 Å². The van der Waals surface area contributed by atoms with E-state index < -0.39 is 34.0 Å². The fourth-order valence-electron chi connectivity index (χ4n) is 2.61. The summed E-state index contributed by atoms with van der Waals surface area (Å²) >= 11 is 10.5. The first kappa shape index (κ1) is 19.7. The second-order valence-corrected chi connectivity index (χ2v) is 10.4. The maximum absolute atomic E-state index is 13.3. The minimum absolute atomic E-state index is 0.129. The molecule has 0 bridgehead atoms. The van der Waals surface area contributed by atoms with Gasteiger partial charge in [0.15, 0.2) is 0 Å². The molecule has 1 aliphatic rings. The van der Waals surface area contributed by atoms with E-state index in [1.807, 2.05) is 12.1 Å². The molecule has 1 saturated heterocycles. The number of halogens is 3. The number of carbonyl (C=O) groups is 1. The van der Waals surface area contributed by atoms with Crippen molar-refractivity contribution in [3.8, 4) is 0 Å². The van der Waals surface area contributed by atoms with Gasteiger partial charge in [-0.3, -0.25) is 4.79 Å². The van der Waals surface area contributed by atoms with E-state index in [0.29, 0.717) is 5.69 Å². The van der Waals surface area contributed by atoms with Crippen molar-refractivity contribution in [2.45, 2.75) is 18.5 Å². The van der Waals surface area contributed by atoms with E-state index in [-0.39, 0.29) is 11.4 Å². The molecule has 0 spiro atoms. The number of benzene rings is 1. The summed E-state index contributed by atoms with van der Waals surface area (Å²) < 4.78 is 42.5. The highest BCUT2D eigenvalue weighted by molar-refractivity contribution is 9.11. The highest BCUT2D eigenvalue weighted by Crippen LogP contribution is 2.34. The molecule has 0 unspecified atom stereocenters. The minimum Gasteiger partial charge on any atom is -0.325 e. The molecule has 11 heteroatoms. The Hall–Kier alpha value is -1.04. The van der Waals surface area contributed by atoms with Gasteiger partial charge in [0, 0.05) is 17.6 Å². The van der Waals surface area contributed by atoms with E-state index in [2.05, 4.69) is 26.0 Å². The van der Waals surface area contributed by atoms with Gasteiger partial charge in [0.05, 0.1) is 14.9 Å². The highest BCUT2D eigenvalue weighted by Gasteiger charge is 2.41. The van der Waals surface area contributed by atoms with Crippen molar-refractivity contribution in [2.75, 3.05) is 12.4 Å².